The minimum absolute atomic E-state index is 0.0327. The van der Waals surface area contributed by atoms with Crippen molar-refractivity contribution >= 4 is 56.9 Å². The molecule has 5 aromatic carbocycles. The van der Waals surface area contributed by atoms with Crippen molar-refractivity contribution in [2.45, 2.75) is 39.7 Å². The average molecular weight is 910 g/mol. The van der Waals surface area contributed by atoms with Gasteiger partial charge in [-0.15, -0.1) is 0 Å². The summed E-state index contributed by atoms with van der Waals surface area (Å²) in [7, 11) is 0. The van der Waals surface area contributed by atoms with Crippen LogP contribution in [0.2, 0.25) is 0 Å². The van der Waals surface area contributed by atoms with Crippen LogP contribution in [0.1, 0.15) is 69.2 Å². The van der Waals surface area contributed by atoms with Crippen molar-refractivity contribution < 1.29 is 38.0 Å². The minimum Gasteiger partial charge on any atom is -0.478 e. The molecular formula is C54H47N5O9. The van der Waals surface area contributed by atoms with E-state index in [-0.39, 0.29) is 48.2 Å². The maximum atomic E-state index is 12.7. The Balaban J connectivity index is 0.000000153. The zero-order chi connectivity index (χ0) is 48.3. The topological polar surface area (TPSA) is 232 Å². The Morgan fingerprint density at radius 3 is 2.31 bits per heavy atom. The molecule has 3 heterocycles. The zero-order valence-corrected chi connectivity index (χ0v) is 37.3. The molecule has 68 heavy (non-hydrogen) atoms. The maximum absolute atomic E-state index is 12.7. The summed E-state index contributed by atoms with van der Waals surface area (Å²) in [5.74, 6) is 10.3. The summed E-state index contributed by atoms with van der Waals surface area (Å²) in [5.41, 5.74) is 13.9. The van der Waals surface area contributed by atoms with Crippen LogP contribution in [-0.4, -0.2) is 41.8 Å². The highest BCUT2D eigenvalue weighted by molar-refractivity contribution is 6.08. The van der Waals surface area contributed by atoms with Crippen LogP contribution in [0.5, 0.6) is 0 Å². The number of nitrogens with two attached hydrogens (primary N) is 2. The van der Waals surface area contributed by atoms with E-state index >= 15 is 0 Å². The number of carboxylic acids is 1. The summed E-state index contributed by atoms with van der Waals surface area (Å²) in [6.45, 7) is 4.44. The second-order valence-electron chi connectivity index (χ2n) is 15.8. The minimum atomic E-state index is -0.995. The highest BCUT2D eigenvalue weighted by atomic mass is 16.6. The lowest BCUT2D eigenvalue weighted by Gasteiger charge is -2.26. The van der Waals surface area contributed by atoms with E-state index in [0.29, 0.717) is 53.0 Å². The van der Waals surface area contributed by atoms with E-state index in [0.717, 1.165) is 49.8 Å². The number of ketones is 1. The Hall–Kier alpha value is -8.64. The van der Waals surface area contributed by atoms with Gasteiger partial charge < -0.3 is 40.1 Å². The fourth-order valence-corrected chi connectivity index (χ4v) is 7.64. The van der Waals surface area contributed by atoms with Crippen LogP contribution < -0.4 is 32.8 Å². The van der Waals surface area contributed by atoms with Crippen molar-refractivity contribution in [3.05, 3.63) is 183 Å². The Labute approximate surface area is 390 Å². The molecule has 7 N–H and O–H groups in total. The number of aromatic carboxylic acids is 1. The average Bonchev–Trinajstić information content (AvgIpc) is 3.31. The van der Waals surface area contributed by atoms with Crippen LogP contribution in [-0.2, 0) is 21.0 Å². The van der Waals surface area contributed by atoms with Crippen LogP contribution in [0.4, 0.5) is 11.4 Å². The van der Waals surface area contributed by atoms with Crippen LogP contribution in [0.25, 0.3) is 44.4 Å². The summed E-state index contributed by atoms with van der Waals surface area (Å²) < 4.78 is 11.1. The number of nitrogens with one attached hydrogen (secondary N) is 2. The number of carbonyl (C=O) groups excluding carboxylic acids is 3. The molecule has 6 aromatic rings. The van der Waals surface area contributed by atoms with Gasteiger partial charge in [-0.1, -0.05) is 72.5 Å². The molecule has 14 heteroatoms. The summed E-state index contributed by atoms with van der Waals surface area (Å²) in [5, 5.41) is 21.9. The summed E-state index contributed by atoms with van der Waals surface area (Å²) >= 11 is 0. The number of carboxylic acid groups (broad SMARTS) is 1. The van der Waals surface area contributed by atoms with Gasteiger partial charge in [0.25, 0.3) is 0 Å². The molecule has 1 aromatic heterocycles. The van der Waals surface area contributed by atoms with Crippen LogP contribution in [0, 0.1) is 24.2 Å². The van der Waals surface area contributed by atoms with E-state index < -0.39 is 11.6 Å². The predicted molar refractivity (Wildman–Crippen MR) is 260 cm³/mol. The summed E-state index contributed by atoms with van der Waals surface area (Å²) in [4.78, 5) is 65.3. The number of para-hydroxylation sites is 1. The van der Waals surface area contributed by atoms with Gasteiger partial charge in [-0.2, -0.15) is 0 Å². The second kappa shape index (κ2) is 21.6. The van der Waals surface area contributed by atoms with Gasteiger partial charge >= 0.3 is 11.6 Å². The van der Waals surface area contributed by atoms with Crippen molar-refractivity contribution in [1.82, 2.24) is 5.32 Å². The Morgan fingerprint density at radius 1 is 0.794 bits per heavy atom. The first-order valence-corrected chi connectivity index (χ1v) is 21.6. The van der Waals surface area contributed by atoms with Gasteiger partial charge in [-0.3, -0.25) is 14.4 Å². The summed E-state index contributed by atoms with van der Waals surface area (Å²) in [6, 6.07) is 39.8. The van der Waals surface area contributed by atoms with Crippen LogP contribution in [0.15, 0.2) is 147 Å². The first kappa shape index (κ1) is 47.3. The molecule has 9 rings (SSSR count). The van der Waals surface area contributed by atoms with Gasteiger partial charge in [-0.25, -0.2) is 15.5 Å². The number of Topliss-reactive ketones (excluding diaryl/α,β-unsaturated/α-hetero) is 1. The number of hydrogen-bond acceptors (Lipinski definition) is 11. The van der Waals surface area contributed by atoms with E-state index in [9.17, 15) is 29.1 Å². The number of hydrogen-bond donors (Lipinski definition) is 5. The molecule has 3 aliphatic rings. The number of anilines is 2. The van der Waals surface area contributed by atoms with Crippen molar-refractivity contribution in [3.63, 3.8) is 0 Å². The molecule has 0 unspecified atom stereocenters. The maximum Gasteiger partial charge on any atom is 0.347 e. The molecule has 2 amide bonds. The molecule has 0 saturated heterocycles. The van der Waals surface area contributed by atoms with Gasteiger partial charge in [-0.05, 0) is 90.7 Å². The molecule has 14 nitrogen and oxygen atoms in total. The van der Waals surface area contributed by atoms with Crippen LogP contribution >= 0.6 is 0 Å². The number of aryl methyl sites for hydroxylation is 1. The fourth-order valence-electron chi connectivity index (χ4n) is 7.64. The van der Waals surface area contributed by atoms with Gasteiger partial charge in [0.05, 0.1) is 29.8 Å². The van der Waals surface area contributed by atoms with E-state index in [1.807, 2.05) is 73.7 Å². The standard InChI is InChI=1S/C20H14N2O3.C20H18N2O2.C14H15NO4/c21-11-5-7-15-17(9-11)25-18-10-12(22)6-8-16(18)19(15)13-3-1-2-4-14(13)20(23)24;1-15(23)21-13-12-20(24)22-14-18-8-3-2-6-16(18)10-11-17-7-4-5-9-19(17)22;1-9-4-5-10-8-11(12(16)3-2-6-18-15)14(17)19-13(10)7-9/h1-10,21H,22H2,(H,23,24);2-9H,12-14H2,1H3,(H,21,23);4-5,7-8H,2-3,6,15H2,1H3. The van der Waals surface area contributed by atoms with Gasteiger partial charge in [0.15, 0.2) is 5.78 Å². The predicted octanol–water partition coefficient (Wildman–Crippen LogP) is 8.38. The van der Waals surface area contributed by atoms with Gasteiger partial charge in [0.2, 0.25) is 11.8 Å². The van der Waals surface area contributed by atoms with Crippen molar-refractivity contribution in [2.24, 2.45) is 5.90 Å². The molecule has 0 saturated carbocycles. The molecule has 1 aliphatic carbocycles. The third-order valence-corrected chi connectivity index (χ3v) is 10.9. The third-order valence-electron chi connectivity index (χ3n) is 10.9. The van der Waals surface area contributed by atoms with E-state index in [4.69, 9.17) is 25.9 Å². The molecule has 2 aliphatic heterocycles. The van der Waals surface area contributed by atoms with Gasteiger partial charge in [0.1, 0.15) is 22.5 Å². The smallest absolute Gasteiger partial charge is 0.347 e. The Kier molecular flexibility index (Phi) is 15.0. The third kappa shape index (κ3) is 11.2. The second-order valence-corrected chi connectivity index (χ2v) is 15.8. The molecule has 0 bridgehead atoms. The number of amides is 2. The number of nitrogen functional groups attached to an aromatic ring is 1. The van der Waals surface area contributed by atoms with Crippen molar-refractivity contribution in [3.8, 4) is 34.3 Å². The molecule has 342 valence electrons. The monoisotopic (exact) mass is 909 g/mol. The van der Waals surface area contributed by atoms with E-state index in [2.05, 4.69) is 22.0 Å². The highest BCUT2D eigenvalue weighted by Gasteiger charge is 2.23. The molecule has 0 fully saturated rings. The van der Waals surface area contributed by atoms with Crippen LogP contribution in [0.3, 0.4) is 0 Å². The normalized spacial score (nSPS) is 11.3. The quantitative estimate of drug-likeness (QED) is 0.0166. The summed E-state index contributed by atoms with van der Waals surface area (Å²) in [6.07, 6.45) is 0.934. The molecular weight excluding hydrogens is 863 g/mol. The molecule has 0 radical (unpaired) electrons. The molecule has 0 spiro atoms. The van der Waals surface area contributed by atoms with Crippen molar-refractivity contribution in [2.75, 3.05) is 23.8 Å². The Bertz CT molecular complexity index is 3360. The number of rotatable bonds is 10. The number of fused-ring (bicyclic) bond motifs is 5. The number of carbonyl (C=O) groups is 4. The van der Waals surface area contributed by atoms with E-state index in [1.54, 1.807) is 71.6 Å². The number of benzene rings is 6. The first-order chi connectivity index (χ1) is 32.8. The lowest BCUT2D eigenvalue weighted by molar-refractivity contribution is -0.120. The first-order valence-electron chi connectivity index (χ1n) is 21.6. The SMILES string of the molecule is CC(=O)NCCC(=O)N1Cc2ccccc2C#Cc2ccccc21.Cc1ccc2cc(C(=O)CCCON)c(=O)oc2c1.N=c1ccc2c(-c3ccccc3C(=O)O)c3ccc(N)cc3oc-2c1. The lowest BCUT2D eigenvalue weighted by Crippen LogP contribution is -2.34. The Morgan fingerprint density at radius 2 is 1.53 bits per heavy atom. The molecule has 0 atom stereocenters. The van der Waals surface area contributed by atoms with Gasteiger partial charge in [0, 0.05) is 77.2 Å². The number of nitrogens with zero attached hydrogens (tertiary/aromatic N) is 1. The fraction of sp³-hybridized carbons (Fsp3) is 0.148. The largest absolute Gasteiger partial charge is 0.478 e. The van der Waals surface area contributed by atoms with Crippen molar-refractivity contribution in [1.29, 1.82) is 5.41 Å². The highest BCUT2D eigenvalue weighted by Crippen LogP contribution is 2.41. The lowest BCUT2D eigenvalue weighted by atomic mass is 9.91. The van der Waals surface area contributed by atoms with E-state index in [1.165, 1.54) is 6.92 Å². The zero-order valence-electron chi connectivity index (χ0n) is 37.3.